The molecular weight excluding hydrogens is 250 g/mol. The van der Waals surface area contributed by atoms with Crippen LogP contribution in [-0.2, 0) is 10.0 Å². The van der Waals surface area contributed by atoms with E-state index >= 15 is 0 Å². The number of phenols is 1. The molecule has 2 aromatic rings. The molecule has 4 nitrogen and oxygen atoms in total. The van der Waals surface area contributed by atoms with Crippen molar-refractivity contribution in [1.82, 2.24) is 0 Å². The van der Waals surface area contributed by atoms with Gasteiger partial charge in [-0.25, -0.2) is 0 Å². The lowest BCUT2D eigenvalue weighted by molar-refractivity contribution is 0.474. The first-order valence-electron chi connectivity index (χ1n) is 5.23. The molecule has 2 aromatic carbocycles. The molecule has 0 unspecified atom stereocenters. The summed E-state index contributed by atoms with van der Waals surface area (Å²) in [5.41, 5.74) is 0.358. The highest BCUT2D eigenvalue weighted by atomic mass is 32.2. The Balaban J connectivity index is 2.32. The molecule has 5 heteroatoms. The number of sulfonamides is 1. The van der Waals surface area contributed by atoms with Crippen molar-refractivity contribution in [2.75, 3.05) is 0 Å². The lowest BCUT2D eigenvalue weighted by Gasteiger charge is -1.99. The number of rotatable bonds is 3. The minimum Gasteiger partial charge on any atom is -0.507 e. The molecule has 0 saturated heterocycles. The van der Waals surface area contributed by atoms with Crippen molar-refractivity contribution in [3.05, 3.63) is 60.2 Å². The average molecular weight is 261 g/mol. The first kappa shape index (κ1) is 12.3. The largest absolute Gasteiger partial charge is 0.507 e. The number of hydrogen-bond acceptors (Lipinski definition) is 3. The van der Waals surface area contributed by atoms with E-state index in [1.54, 1.807) is 36.4 Å². The maximum atomic E-state index is 11.8. The first-order valence-corrected chi connectivity index (χ1v) is 6.67. The number of benzene rings is 2. The summed E-state index contributed by atoms with van der Waals surface area (Å²) in [6.07, 6.45) is 1.14. The van der Waals surface area contributed by atoms with Gasteiger partial charge in [0.2, 0.25) is 0 Å². The zero-order valence-corrected chi connectivity index (χ0v) is 10.2. The van der Waals surface area contributed by atoms with Gasteiger partial charge in [-0.05, 0) is 24.3 Å². The van der Waals surface area contributed by atoms with Crippen LogP contribution in [0.1, 0.15) is 5.56 Å². The Morgan fingerprint density at radius 3 is 2.22 bits per heavy atom. The quantitative estimate of drug-likeness (QED) is 0.861. The number of nitrogens with zero attached hydrogens (tertiary/aromatic N) is 1. The monoisotopic (exact) mass is 261 g/mol. The molecule has 0 heterocycles. The SMILES string of the molecule is O=S(=O)(/N=C\c1ccccc1O)c1ccccc1. The highest BCUT2D eigenvalue weighted by Gasteiger charge is 2.10. The molecule has 0 radical (unpaired) electrons. The van der Waals surface area contributed by atoms with Crippen molar-refractivity contribution in [3.8, 4) is 5.75 Å². The maximum Gasteiger partial charge on any atom is 0.282 e. The lowest BCUT2D eigenvalue weighted by Crippen LogP contribution is -1.97. The molecule has 0 bridgehead atoms. The van der Waals surface area contributed by atoms with Crippen LogP contribution < -0.4 is 0 Å². The Labute approximate surface area is 105 Å². The Bertz CT molecular complexity index is 664. The van der Waals surface area contributed by atoms with Crippen molar-refractivity contribution >= 4 is 16.2 Å². The summed E-state index contributed by atoms with van der Waals surface area (Å²) in [5, 5.41) is 9.49. The van der Waals surface area contributed by atoms with Gasteiger partial charge in [0.05, 0.1) is 11.1 Å². The van der Waals surface area contributed by atoms with E-state index in [2.05, 4.69) is 4.40 Å². The summed E-state index contributed by atoms with van der Waals surface area (Å²) >= 11 is 0. The molecule has 2 rings (SSSR count). The molecule has 0 spiro atoms. The molecule has 0 aliphatic heterocycles. The van der Waals surface area contributed by atoms with E-state index in [0.717, 1.165) is 6.21 Å². The Morgan fingerprint density at radius 1 is 0.944 bits per heavy atom. The van der Waals surface area contributed by atoms with E-state index in [-0.39, 0.29) is 10.6 Å². The highest BCUT2D eigenvalue weighted by molar-refractivity contribution is 7.90. The highest BCUT2D eigenvalue weighted by Crippen LogP contribution is 2.15. The summed E-state index contributed by atoms with van der Waals surface area (Å²) in [6, 6.07) is 14.3. The second kappa shape index (κ2) is 5.01. The third-order valence-electron chi connectivity index (χ3n) is 2.31. The number of para-hydroxylation sites is 1. The maximum absolute atomic E-state index is 11.8. The average Bonchev–Trinajstić information content (AvgIpc) is 2.39. The van der Waals surface area contributed by atoms with Gasteiger partial charge in [-0.1, -0.05) is 30.3 Å². The van der Waals surface area contributed by atoms with E-state index in [1.807, 2.05) is 0 Å². The molecule has 0 aliphatic rings. The predicted molar refractivity (Wildman–Crippen MR) is 69.3 cm³/mol. The molecule has 1 N–H and O–H groups in total. The summed E-state index contributed by atoms with van der Waals surface area (Å²) in [5.74, 6) is -0.00971. The molecule has 0 fully saturated rings. The van der Waals surface area contributed by atoms with Crippen molar-refractivity contribution in [3.63, 3.8) is 0 Å². The topological polar surface area (TPSA) is 66.7 Å². The van der Waals surface area contributed by atoms with Gasteiger partial charge in [0, 0.05) is 5.56 Å². The Hall–Kier alpha value is -2.14. The summed E-state index contributed by atoms with van der Waals surface area (Å²) in [4.78, 5) is 0.122. The predicted octanol–water partition coefficient (Wildman–Crippen LogP) is 2.20. The third-order valence-corrected chi connectivity index (χ3v) is 3.56. The third kappa shape index (κ3) is 2.75. The van der Waals surface area contributed by atoms with Crippen molar-refractivity contribution in [1.29, 1.82) is 0 Å². The molecular formula is C13H11NO3S. The second-order valence-corrected chi connectivity index (χ2v) is 5.21. The zero-order valence-electron chi connectivity index (χ0n) is 9.39. The van der Waals surface area contributed by atoms with Gasteiger partial charge in [-0.2, -0.15) is 12.8 Å². The standard InChI is InChI=1S/C13H11NO3S/c15-13-9-5-4-6-11(13)10-14-18(16,17)12-7-2-1-3-8-12/h1-10,15H/b14-10-. The van der Waals surface area contributed by atoms with Gasteiger partial charge < -0.3 is 5.11 Å². The smallest absolute Gasteiger partial charge is 0.282 e. The normalized spacial score (nSPS) is 11.8. The molecule has 18 heavy (non-hydrogen) atoms. The summed E-state index contributed by atoms with van der Waals surface area (Å²) in [7, 11) is -3.72. The van der Waals surface area contributed by atoms with Crippen molar-refractivity contribution in [2.24, 2.45) is 4.40 Å². The minimum atomic E-state index is -3.72. The van der Waals surface area contributed by atoms with E-state index < -0.39 is 10.0 Å². The second-order valence-electron chi connectivity index (χ2n) is 3.58. The molecule has 0 amide bonds. The van der Waals surface area contributed by atoms with Crippen LogP contribution in [0.5, 0.6) is 5.75 Å². The fourth-order valence-corrected chi connectivity index (χ4v) is 2.25. The molecule has 0 aliphatic carbocycles. The summed E-state index contributed by atoms with van der Waals surface area (Å²) in [6.45, 7) is 0. The summed E-state index contributed by atoms with van der Waals surface area (Å²) < 4.78 is 27.2. The molecule has 92 valence electrons. The lowest BCUT2D eigenvalue weighted by atomic mass is 10.2. The van der Waals surface area contributed by atoms with Crippen LogP contribution in [-0.4, -0.2) is 19.7 Å². The zero-order chi connectivity index (χ0) is 13.0. The van der Waals surface area contributed by atoms with Gasteiger partial charge in [-0.15, -0.1) is 0 Å². The number of phenolic OH excluding ortho intramolecular Hbond substituents is 1. The van der Waals surface area contributed by atoms with E-state index in [1.165, 1.54) is 18.2 Å². The van der Waals surface area contributed by atoms with Crippen molar-refractivity contribution < 1.29 is 13.5 Å². The van der Waals surface area contributed by atoms with Gasteiger partial charge in [0.1, 0.15) is 5.75 Å². The molecule has 0 saturated carbocycles. The Kier molecular flexibility index (Phi) is 3.43. The molecule has 0 aromatic heterocycles. The fourth-order valence-electron chi connectivity index (χ4n) is 1.38. The Morgan fingerprint density at radius 2 is 1.56 bits per heavy atom. The van der Waals surface area contributed by atoms with Crippen LogP contribution in [0.4, 0.5) is 0 Å². The number of hydrogen-bond donors (Lipinski definition) is 1. The van der Waals surface area contributed by atoms with Crippen LogP contribution >= 0.6 is 0 Å². The van der Waals surface area contributed by atoms with Gasteiger partial charge in [0.15, 0.2) is 0 Å². The van der Waals surface area contributed by atoms with E-state index in [0.29, 0.717) is 5.56 Å². The fraction of sp³-hybridized carbons (Fsp3) is 0. The van der Waals surface area contributed by atoms with Crippen LogP contribution in [0.15, 0.2) is 63.9 Å². The van der Waals surface area contributed by atoms with Crippen LogP contribution in [0.2, 0.25) is 0 Å². The van der Waals surface area contributed by atoms with Crippen LogP contribution in [0.3, 0.4) is 0 Å². The molecule has 0 atom stereocenters. The van der Waals surface area contributed by atoms with Crippen LogP contribution in [0, 0.1) is 0 Å². The first-order chi connectivity index (χ1) is 8.59. The van der Waals surface area contributed by atoms with Crippen LogP contribution in [0.25, 0.3) is 0 Å². The number of aromatic hydroxyl groups is 1. The van der Waals surface area contributed by atoms with Gasteiger partial charge in [-0.3, -0.25) is 0 Å². The van der Waals surface area contributed by atoms with Crippen molar-refractivity contribution in [2.45, 2.75) is 4.90 Å². The minimum absolute atomic E-state index is 0.00971. The van der Waals surface area contributed by atoms with Gasteiger partial charge in [0.25, 0.3) is 10.0 Å². The van der Waals surface area contributed by atoms with Gasteiger partial charge >= 0.3 is 0 Å². The van der Waals surface area contributed by atoms with E-state index in [4.69, 9.17) is 0 Å². The van der Waals surface area contributed by atoms with E-state index in [9.17, 15) is 13.5 Å².